The third-order valence-electron chi connectivity index (χ3n) is 4.32. The van der Waals surface area contributed by atoms with Gasteiger partial charge in [-0.3, -0.25) is 14.4 Å². The van der Waals surface area contributed by atoms with Crippen molar-refractivity contribution in [3.8, 4) is 0 Å². The van der Waals surface area contributed by atoms with Crippen LogP contribution in [0.4, 0.5) is 11.4 Å². The van der Waals surface area contributed by atoms with Gasteiger partial charge in [0.05, 0.1) is 6.42 Å². The van der Waals surface area contributed by atoms with Gasteiger partial charge in [0.15, 0.2) is 0 Å². The van der Waals surface area contributed by atoms with Gasteiger partial charge < -0.3 is 15.3 Å². The van der Waals surface area contributed by atoms with E-state index in [1.165, 1.54) is 0 Å². The first-order valence-corrected chi connectivity index (χ1v) is 8.52. The van der Waals surface area contributed by atoms with Crippen LogP contribution in [0.2, 0.25) is 0 Å². The number of nitrogens with zero attached hydrogens (tertiary/aromatic N) is 1. The molecule has 0 saturated heterocycles. The summed E-state index contributed by atoms with van der Waals surface area (Å²) in [5.41, 5.74) is 3.17. The molecule has 0 spiro atoms. The van der Waals surface area contributed by atoms with Crippen molar-refractivity contribution in [2.75, 3.05) is 16.8 Å². The Hall–Kier alpha value is -3.15. The van der Waals surface area contributed by atoms with Crippen molar-refractivity contribution < 1.29 is 19.5 Å². The molecule has 2 amide bonds. The zero-order valence-corrected chi connectivity index (χ0v) is 14.3. The predicted molar refractivity (Wildman–Crippen MR) is 98.1 cm³/mol. The monoisotopic (exact) mass is 352 g/mol. The molecule has 0 radical (unpaired) electrons. The van der Waals surface area contributed by atoms with Gasteiger partial charge in [-0.25, -0.2) is 0 Å². The van der Waals surface area contributed by atoms with E-state index in [4.69, 9.17) is 5.11 Å². The second-order valence-corrected chi connectivity index (χ2v) is 6.24. The van der Waals surface area contributed by atoms with E-state index in [0.29, 0.717) is 24.2 Å². The molecule has 2 aromatic rings. The lowest BCUT2D eigenvalue weighted by molar-refractivity contribution is -0.136. The average molecular weight is 352 g/mol. The predicted octanol–water partition coefficient (Wildman–Crippen LogP) is 2.62. The number of hydrogen-bond acceptors (Lipinski definition) is 3. The number of carboxylic acids is 1. The van der Waals surface area contributed by atoms with Crippen LogP contribution in [-0.4, -0.2) is 29.4 Å². The number of benzene rings is 2. The molecular formula is C20H20N2O4. The lowest BCUT2D eigenvalue weighted by Crippen LogP contribution is -2.37. The van der Waals surface area contributed by atoms with Gasteiger partial charge in [-0.1, -0.05) is 30.3 Å². The first kappa shape index (κ1) is 17.7. The number of nitrogens with one attached hydrogen (secondary N) is 1. The van der Waals surface area contributed by atoms with Gasteiger partial charge in [0.2, 0.25) is 11.8 Å². The van der Waals surface area contributed by atoms with E-state index in [1.807, 2.05) is 24.3 Å². The Morgan fingerprint density at radius 1 is 1.08 bits per heavy atom. The van der Waals surface area contributed by atoms with Crippen LogP contribution in [0.5, 0.6) is 0 Å². The average Bonchev–Trinajstić information content (AvgIpc) is 2.60. The fourth-order valence-electron chi connectivity index (χ4n) is 3.11. The first-order chi connectivity index (χ1) is 12.5. The van der Waals surface area contributed by atoms with Crippen LogP contribution in [0, 0.1) is 0 Å². The number of para-hydroxylation sites is 1. The number of carboxylic acid groups (broad SMARTS) is 1. The molecule has 26 heavy (non-hydrogen) atoms. The Bertz CT molecular complexity index is 847. The van der Waals surface area contributed by atoms with Crippen molar-refractivity contribution in [2.24, 2.45) is 0 Å². The van der Waals surface area contributed by atoms with Gasteiger partial charge in [-0.15, -0.1) is 0 Å². The standard InChI is InChI=1S/C20H20N2O4/c23-18(21-16-6-3-4-14(12-16)13-20(25)26)10-11-22-17-7-2-1-5-15(17)8-9-19(22)24/h1-7,12H,8-11,13H2,(H,21,23)(H,25,26). The Kier molecular flexibility index (Phi) is 5.31. The molecule has 0 bridgehead atoms. The smallest absolute Gasteiger partial charge is 0.307 e. The second kappa shape index (κ2) is 7.82. The molecule has 0 saturated carbocycles. The molecule has 0 aromatic heterocycles. The van der Waals surface area contributed by atoms with Crippen LogP contribution in [0.3, 0.4) is 0 Å². The maximum atomic E-state index is 12.2. The van der Waals surface area contributed by atoms with E-state index >= 15 is 0 Å². The van der Waals surface area contributed by atoms with E-state index in [-0.39, 0.29) is 24.7 Å². The molecule has 134 valence electrons. The van der Waals surface area contributed by atoms with E-state index in [1.54, 1.807) is 29.2 Å². The van der Waals surface area contributed by atoms with E-state index in [0.717, 1.165) is 17.7 Å². The largest absolute Gasteiger partial charge is 0.481 e. The maximum absolute atomic E-state index is 12.2. The zero-order valence-electron chi connectivity index (χ0n) is 14.3. The molecule has 0 unspecified atom stereocenters. The van der Waals surface area contributed by atoms with Gasteiger partial charge >= 0.3 is 5.97 Å². The van der Waals surface area contributed by atoms with Crippen molar-refractivity contribution in [1.82, 2.24) is 0 Å². The highest BCUT2D eigenvalue weighted by Crippen LogP contribution is 2.27. The summed E-state index contributed by atoms with van der Waals surface area (Å²) in [4.78, 5) is 36.9. The summed E-state index contributed by atoms with van der Waals surface area (Å²) in [7, 11) is 0. The molecule has 3 rings (SSSR count). The number of fused-ring (bicyclic) bond motifs is 1. The fraction of sp³-hybridized carbons (Fsp3) is 0.250. The molecule has 1 aliphatic heterocycles. The summed E-state index contributed by atoms with van der Waals surface area (Å²) in [6, 6.07) is 14.5. The van der Waals surface area contributed by atoms with Gasteiger partial charge in [0.1, 0.15) is 0 Å². The normalized spacial score (nSPS) is 13.2. The first-order valence-electron chi connectivity index (χ1n) is 8.52. The quantitative estimate of drug-likeness (QED) is 0.837. The number of carbonyl (C=O) groups excluding carboxylic acids is 2. The van der Waals surface area contributed by atoms with E-state index in [2.05, 4.69) is 5.32 Å². The number of carbonyl (C=O) groups is 3. The Labute approximate surface area is 151 Å². The van der Waals surface area contributed by atoms with E-state index < -0.39 is 5.97 Å². The van der Waals surface area contributed by atoms with Crippen LogP contribution in [0.1, 0.15) is 24.0 Å². The van der Waals surface area contributed by atoms with Crippen LogP contribution in [-0.2, 0) is 27.2 Å². The number of rotatable bonds is 6. The number of anilines is 2. The second-order valence-electron chi connectivity index (χ2n) is 6.24. The molecule has 1 aliphatic rings. The van der Waals surface area contributed by atoms with Crippen LogP contribution < -0.4 is 10.2 Å². The Morgan fingerprint density at radius 3 is 2.69 bits per heavy atom. The van der Waals surface area contributed by atoms with Crippen LogP contribution in [0.15, 0.2) is 48.5 Å². The van der Waals surface area contributed by atoms with Crippen molar-refractivity contribution >= 4 is 29.2 Å². The summed E-state index contributed by atoms with van der Waals surface area (Å²) in [6.45, 7) is 0.316. The van der Waals surface area contributed by atoms with Crippen LogP contribution in [0.25, 0.3) is 0 Å². The lowest BCUT2D eigenvalue weighted by atomic mass is 10.0. The number of hydrogen-bond donors (Lipinski definition) is 2. The van der Waals surface area contributed by atoms with Gasteiger partial charge in [0, 0.05) is 30.8 Å². The third-order valence-corrected chi connectivity index (χ3v) is 4.32. The molecule has 6 heteroatoms. The van der Waals surface area contributed by atoms with Gasteiger partial charge in [-0.2, -0.15) is 0 Å². The molecule has 6 nitrogen and oxygen atoms in total. The van der Waals surface area contributed by atoms with Crippen molar-refractivity contribution in [2.45, 2.75) is 25.7 Å². The fourth-order valence-corrected chi connectivity index (χ4v) is 3.11. The lowest BCUT2D eigenvalue weighted by Gasteiger charge is -2.29. The molecule has 0 fully saturated rings. The highest BCUT2D eigenvalue weighted by Gasteiger charge is 2.23. The topological polar surface area (TPSA) is 86.7 Å². The zero-order chi connectivity index (χ0) is 18.5. The van der Waals surface area contributed by atoms with Gasteiger partial charge in [-0.05, 0) is 35.7 Å². The van der Waals surface area contributed by atoms with Crippen molar-refractivity contribution in [1.29, 1.82) is 0 Å². The van der Waals surface area contributed by atoms with Gasteiger partial charge in [0.25, 0.3) is 0 Å². The van der Waals surface area contributed by atoms with Crippen molar-refractivity contribution in [3.63, 3.8) is 0 Å². The highest BCUT2D eigenvalue weighted by atomic mass is 16.4. The summed E-state index contributed by atoms with van der Waals surface area (Å²) in [5, 5.41) is 11.6. The summed E-state index contributed by atoms with van der Waals surface area (Å²) in [6.07, 6.45) is 1.26. The highest BCUT2D eigenvalue weighted by molar-refractivity contribution is 5.98. The summed E-state index contributed by atoms with van der Waals surface area (Å²) < 4.78 is 0. The Morgan fingerprint density at radius 2 is 1.88 bits per heavy atom. The van der Waals surface area contributed by atoms with Crippen molar-refractivity contribution in [3.05, 3.63) is 59.7 Å². The Balaban J connectivity index is 1.61. The molecular weight excluding hydrogens is 332 g/mol. The molecule has 1 heterocycles. The molecule has 2 N–H and O–H groups in total. The third kappa shape index (κ3) is 4.27. The van der Waals surface area contributed by atoms with E-state index in [9.17, 15) is 14.4 Å². The van der Waals surface area contributed by atoms with Crippen LogP contribution >= 0.6 is 0 Å². The molecule has 0 aliphatic carbocycles. The minimum absolute atomic E-state index is 0.0277. The summed E-state index contributed by atoms with van der Waals surface area (Å²) in [5.74, 6) is -1.11. The number of aryl methyl sites for hydroxylation is 1. The molecule has 0 atom stereocenters. The SMILES string of the molecule is O=C(O)Cc1cccc(NC(=O)CCN2C(=O)CCc3ccccc32)c1. The molecule has 2 aromatic carbocycles. The number of amides is 2. The summed E-state index contributed by atoms with van der Waals surface area (Å²) >= 11 is 0. The maximum Gasteiger partial charge on any atom is 0.307 e. The minimum Gasteiger partial charge on any atom is -0.481 e. The number of aliphatic carboxylic acids is 1. The minimum atomic E-state index is -0.921.